The zero-order chi connectivity index (χ0) is 19.6. The van der Waals surface area contributed by atoms with E-state index in [-0.39, 0.29) is 0 Å². The lowest BCUT2D eigenvalue weighted by Crippen LogP contribution is -2.07. The molecule has 0 heterocycles. The fourth-order valence-electron chi connectivity index (χ4n) is 2.21. The minimum absolute atomic E-state index is 0.415. The van der Waals surface area contributed by atoms with Gasteiger partial charge in [-0.2, -0.15) is 0 Å². The first-order valence-electron chi connectivity index (χ1n) is 8.52. The lowest BCUT2D eigenvalue weighted by atomic mass is 10.2. The van der Waals surface area contributed by atoms with Gasteiger partial charge in [-0.25, -0.2) is 10.3 Å². The average Bonchev–Trinajstić information content (AvgIpc) is 2.76. The normalized spacial score (nSPS) is 10.9. The molecule has 0 atom stereocenters. The molecule has 1 amide bonds. The Morgan fingerprint density at radius 2 is 1.46 bits per heavy atom. The van der Waals surface area contributed by atoms with Gasteiger partial charge in [0.2, 0.25) is 0 Å². The van der Waals surface area contributed by atoms with Gasteiger partial charge in [-0.05, 0) is 48.0 Å². The van der Waals surface area contributed by atoms with Crippen molar-refractivity contribution >= 4 is 29.3 Å². The van der Waals surface area contributed by atoms with Crippen LogP contribution in [0.5, 0.6) is 0 Å². The Morgan fingerprint density at radius 1 is 0.821 bits per heavy atom. The summed E-state index contributed by atoms with van der Waals surface area (Å²) in [6.07, 6.45) is 3.00. The van der Waals surface area contributed by atoms with Crippen LogP contribution in [-0.4, -0.2) is 11.9 Å². The lowest BCUT2D eigenvalue weighted by Gasteiger charge is -2.04. The van der Waals surface area contributed by atoms with Crippen LogP contribution >= 0.6 is 0 Å². The summed E-state index contributed by atoms with van der Waals surface area (Å²) in [6, 6.07) is 24.8. The number of amides is 1. The van der Waals surface area contributed by atoms with E-state index in [0.29, 0.717) is 16.9 Å². The Bertz CT molecular complexity index is 983. The number of hydrogen-bond acceptors (Lipinski definition) is 5. The van der Waals surface area contributed by atoms with Crippen molar-refractivity contribution in [3.05, 3.63) is 102 Å². The fourth-order valence-corrected chi connectivity index (χ4v) is 2.21. The zero-order valence-electron chi connectivity index (χ0n) is 14.9. The Balaban J connectivity index is 1.50. The Morgan fingerprint density at radius 3 is 2.14 bits per heavy atom. The molecule has 0 fully saturated rings. The van der Waals surface area contributed by atoms with E-state index in [2.05, 4.69) is 15.7 Å². The lowest BCUT2D eigenvalue weighted by molar-refractivity contribution is -0.134. The summed E-state index contributed by atoms with van der Waals surface area (Å²) in [6.45, 7) is 0. The predicted molar refractivity (Wildman–Crippen MR) is 107 cm³/mol. The van der Waals surface area contributed by atoms with Gasteiger partial charge in [-0.15, -0.1) is 10.2 Å². The molecule has 3 aromatic rings. The molecule has 28 heavy (non-hydrogen) atoms. The Kier molecular flexibility index (Phi) is 6.41. The van der Waals surface area contributed by atoms with E-state index in [1.165, 1.54) is 6.08 Å². The highest BCUT2D eigenvalue weighted by molar-refractivity contribution is 5.94. The Labute approximate surface area is 162 Å². The summed E-state index contributed by atoms with van der Waals surface area (Å²) in [4.78, 5) is 28.6. The summed E-state index contributed by atoms with van der Waals surface area (Å²) >= 11 is 0. The molecule has 0 bridgehead atoms. The van der Waals surface area contributed by atoms with Crippen molar-refractivity contribution in [1.29, 1.82) is 0 Å². The monoisotopic (exact) mass is 371 g/mol. The molecule has 0 aliphatic carbocycles. The second-order valence-corrected chi connectivity index (χ2v) is 5.69. The number of azo groups is 1. The molecule has 0 aliphatic rings. The molecule has 0 saturated carbocycles. The zero-order valence-corrected chi connectivity index (χ0v) is 14.9. The molecule has 3 aromatic carbocycles. The number of carbonyl (C=O) groups excluding carboxylic acids is 2. The van der Waals surface area contributed by atoms with Crippen molar-refractivity contribution in [2.45, 2.75) is 0 Å². The van der Waals surface area contributed by atoms with E-state index in [9.17, 15) is 9.59 Å². The number of benzene rings is 3. The van der Waals surface area contributed by atoms with Gasteiger partial charge in [0.15, 0.2) is 0 Å². The number of carbonyl (C=O) groups is 2. The van der Waals surface area contributed by atoms with Crippen molar-refractivity contribution in [2.24, 2.45) is 10.2 Å². The molecule has 0 aromatic heterocycles. The largest absolute Gasteiger partial charge is 0.355 e. The van der Waals surface area contributed by atoms with E-state index in [4.69, 9.17) is 4.84 Å². The van der Waals surface area contributed by atoms with Crippen molar-refractivity contribution in [3.63, 3.8) is 0 Å². The van der Waals surface area contributed by atoms with Crippen LogP contribution in [0.2, 0.25) is 0 Å². The molecular weight excluding hydrogens is 354 g/mol. The molecule has 0 saturated heterocycles. The summed E-state index contributed by atoms with van der Waals surface area (Å²) in [5.74, 6) is -0.942. The molecule has 0 aliphatic heterocycles. The standard InChI is InChI=1S/C22H17N3O3/c26-21(16-11-17-7-3-1-4-8-17)28-25-20-14-12-19(13-15-20)23-24-22(27)18-9-5-2-6-10-18/h1-16,25H/b16-11+,24-23?. The summed E-state index contributed by atoms with van der Waals surface area (Å²) < 4.78 is 0. The van der Waals surface area contributed by atoms with Crippen molar-refractivity contribution in [1.82, 2.24) is 0 Å². The van der Waals surface area contributed by atoms with Crippen LogP contribution in [0.3, 0.4) is 0 Å². The van der Waals surface area contributed by atoms with Gasteiger partial charge in [0.1, 0.15) is 0 Å². The van der Waals surface area contributed by atoms with Crippen LogP contribution in [0.15, 0.2) is 101 Å². The third-order valence-corrected chi connectivity index (χ3v) is 3.63. The van der Waals surface area contributed by atoms with Crippen LogP contribution < -0.4 is 5.48 Å². The van der Waals surface area contributed by atoms with Gasteiger partial charge in [0, 0.05) is 11.6 Å². The van der Waals surface area contributed by atoms with E-state index in [0.717, 1.165) is 5.56 Å². The van der Waals surface area contributed by atoms with Gasteiger partial charge in [0.05, 0.1) is 11.4 Å². The van der Waals surface area contributed by atoms with Gasteiger partial charge in [-0.1, -0.05) is 48.5 Å². The predicted octanol–water partition coefficient (Wildman–Crippen LogP) is 5.19. The highest BCUT2D eigenvalue weighted by Crippen LogP contribution is 2.17. The third-order valence-electron chi connectivity index (χ3n) is 3.63. The molecule has 6 nitrogen and oxygen atoms in total. The van der Waals surface area contributed by atoms with Gasteiger partial charge in [0.25, 0.3) is 5.91 Å². The van der Waals surface area contributed by atoms with Crippen LogP contribution in [0.25, 0.3) is 6.08 Å². The summed E-state index contributed by atoms with van der Waals surface area (Å²) in [5, 5.41) is 7.60. The van der Waals surface area contributed by atoms with E-state index >= 15 is 0 Å². The number of hydrogen-bond donors (Lipinski definition) is 1. The van der Waals surface area contributed by atoms with Gasteiger partial charge < -0.3 is 4.84 Å². The number of anilines is 1. The maximum Gasteiger partial charge on any atom is 0.355 e. The van der Waals surface area contributed by atoms with Crippen molar-refractivity contribution in [2.75, 3.05) is 5.48 Å². The van der Waals surface area contributed by atoms with E-state index < -0.39 is 11.9 Å². The number of rotatable bonds is 6. The minimum Gasteiger partial charge on any atom is -0.339 e. The number of nitrogens with zero attached hydrogens (tertiary/aromatic N) is 2. The third kappa shape index (κ3) is 5.74. The molecule has 0 spiro atoms. The second kappa shape index (κ2) is 9.59. The molecule has 0 unspecified atom stereocenters. The fraction of sp³-hybridized carbons (Fsp3) is 0. The average molecular weight is 371 g/mol. The highest BCUT2D eigenvalue weighted by atomic mass is 16.7. The first-order chi connectivity index (χ1) is 13.7. The molecular formula is C22H17N3O3. The van der Waals surface area contributed by atoms with E-state index in [1.807, 2.05) is 36.4 Å². The van der Waals surface area contributed by atoms with Crippen molar-refractivity contribution < 1.29 is 14.4 Å². The molecule has 3 rings (SSSR count). The van der Waals surface area contributed by atoms with Crippen LogP contribution in [0.1, 0.15) is 15.9 Å². The maximum atomic E-state index is 11.9. The summed E-state index contributed by atoms with van der Waals surface area (Å²) in [5.41, 5.74) is 5.00. The molecule has 0 radical (unpaired) electrons. The van der Waals surface area contributed by atoms with Crippen LogP contribution in [0.4, 0.5) is 11.4 Å². The minimum atomic E-state index is -0.527. The topological polar surface area (TPSA) is 80.1 Å². The SMILES string of the molecule is O=C(/C=C/c1ccccc1)ONc1ccc(N=NC(=O)c2ccccc2)cc1. The van der Waals surface area contributed by atoms with Gasteiger partial charge in [-0.3, -0.25) is 4.79 Å². The smallest absolute Gasteiger partial charge is 0.339 e. The molecule has 138 valence electrons. The quantitative estimate of drug-likeness (QED) is 0.367. The van der Waals surface area contributed by atoms with E-state index in [1.54, 1.807) is 54.6 Å². The molecule has 6 heteroatoms. The highest BCUT2D eigenvalue weighted by Gasteiger charge is 2.03. The van der Waals surface area contributed by atoms with Crippen LogP contribution in [0, 0.1) is 0 Å². The van der Waals surface area contributed by atoms with Gasteiger partial charge >= 0.3 is 5.97 Å². The van der Waals surface area contributed by atoms with Crippen LogP contribution in [-0.2, 0) is 9.63 Å². The second-order valence-electron chi connectivity index (χ2n) is 5.69. The number of nitrogens with one attached hydrogen (secondary N) is 1. The first kappa shape index (κ1) is 18.7. The first-order valence-corrected chi connectivity index (χ1v) is 8.52. The maximum absolute atomic E-state index is 11.9. The molecule has 1 N–H and O–H groups in total. The summed E-state index contributed by atoms with van der Waals surface area (Å²) in [7, 11) is 0. The van der Waals surface area contributed by atoms with Crippen molar-refractivity contribution in [3.8, 4) is 0 Å². The Hall–Kier alpha value is -4.06.